The van der Waals surface area contributed by atoms with Crippen molar-refractivity contribution in [3.05, 3.63) is 0 Å². The van der Waals surface area contributed by atoms with Gasteiger partial charge in [-0.05, 0) is 32.6 Å². The van der Waals surface area contributed by atoms with Gasteiger partial charge in [-0.15, -0.1) is 0 Å². The van der Waals surface area contributed by atoms with Gasteiger partial charge in [0.15, 0.2) is 0 Å². The SMILES string of the molecule is CCOC(=O)C1CCC(O)(CNOCC(N)=O)CC1. The minimum atomic E-state index is -0.916. The second-order valence-electron chi connectivity index (χ2n) is 4.83. The van der Waals surface area contributed by atoms with Gasteiger partial charge in [0, 0.05) is 6.54 Å². The Bertz CT molecular complexity index is 313. The largest absolute Gasteiger partial charge is 0.466 e. The van der Waals surface area contributed by atoms with Gasteiger partial charge in [0.1, 0.15) is 6.61 Å². The van der Waals surface area contributed by atoms with Gasteiger partial charge >= 0.3 is 5.97 Å². The quantitative estimate of drug-likeness (QED) is 0.327. The second-order valence-corrected chi connectivity index (χ2v) is 4.83. The van der Waals surface area contributed by atoms with Crippen LogP contribution < -0.4 is 11.2 Å². The zero-order valence-corrected chi connectivity index (χ0v) is 11.2. The molecule has 0 aliphatic heterocycles. The van der Waals surface area contributed by atoms with Crippen LogP contribution in [0.1, 0.15) is 32.6 Å². The van der Waals surface area contributed by atoms with Crippen LogP contribution in [0.25, 0.3) is 0 Å². The van der Waals surface area contributed by atoms with Crippen molar-refractivity contribution in [2.45, 2.75) is 38.2 Å². The first-order valence-electron chi connectivity index (χ1n) is 6.49. The van der Waals surface area contributed by atoms with E-state index in [1.54, 1.807) is 6.92 Å². The summed E-state index contributed by atoms with van der Waals surface area (Å²) in [5, 5.41) is 10.3. The maximum Gasteiger partial charge on any atom is 0.308 e. The molecular weight excluding hydrogens is 252 g/mol. The monoisotopic (exact) mass is 274 g/mol. The lowest BCUT2D eigenvalue weighted by Gasteiger charge is -2.35. The number of hydroxylamine groups is 1. The smallest absolute Gasteiger partial charge is 0.308 e. The lowest BCUT2D eigenvalue weighted by Crippen LogP contribution is -2.45. The molecule has 0 radical (unpaired) electrons. The first-order valence-corrected chi connectivity index (χ1v) is 6.49. The van der Waals surface area contributed by atoms with Crippen LogP contribution in [0.2, 0.25) is 0 Å². The van der Waals surface area contributed by atoms with Crippen LogP contribution in [0.4, 0.5) is 0 Å². The van der Waals surface area contributed by atoms with Crippen LogP contribution in [0.5, 0.6) is 0 Å². The summed E-state index contributed by atoms with van der Waals surface area (Å²) in [5.41, 5.74) is 6.52. The molecule has 0 bridgehead atoms. The van der Waals surface area contributed by atoms with Crippen LogP contribution in [0.3, 0.4) is 0 Å². The normalized spacial score (nSPS) is 26.9. The van der Waals surface area contributed by atoms with E-state index in [1.165, 1.54) is 0 Å². The number of carbonyl (C=O) groups excluding carboxylic acids is 2. The lowest BCUT2D eigenvalue weighted by atomic mass is 9.79. The third-order valence-electron chi connectivity index (χ3n) is 3.25. The summed E-state index contributed by atoms with van der Waals surface area (Å²) in [4.78, 5) is 26.8. The fourth-order valence-corrected chi connectivity index (χ4v) is 2.14. The highest BCUT2D eigenvalue weighted by molar-refractivity contribution is 5.74. The maximum atomic E-state index is 11.5. The molecule has 0 aromatic heterocycles. The molecule has 0 aromatic carbocycles. The molecule has 1 aliphatic rings. The minimum absolute atomic E-state index is 0.133. The number of amides is 1. The van der Waals surface area contributed by atoms with Gasteiger partial charge in [0.05, 0.1) is 18.1 Å². The molecule has 7 nitrogen and oxygen atoms in total. The molecule has 0 saturated heterocycles. The summed E-state index contributed by atoms with van der Waals surface area (Å²) in [7, 11) is 0. The molecule has 1 rings (SSSR count). The summed E-state index contributed by atoms with van der Waals surface area (Å²) in [6.45, 7) is 2.12. The zero-order chi connectivity index (χ0) is 14.3. The minimum Gasteiger partial charge on any atom is -0.466 e. The molecule has 0 atom stereocenters. The number of rotatable bonds is 7. The van der Waals surface area contributed by atoms with Gasteiger partial charge in [-0.2, -0.15) is 5.48 Å². The fourth-order valence-electron chi connectivity index (χ4n) is 2.14. The van der Waals surface area contributed by atoms with Gasteiger partial charge in [-0.25, -0.2) is 0 Å². The van der Waals surface area contributed by atoms with Crippen molar-refractivity contribution in [2.24, 2.45) is 11.7 Å². The van der Waals surface area contributed by atoms with Crippen molar-refractivity contribution in [1.29, 1.82) is 0 Å². The Labute approximate surface area is 112 Å². The molecule has 0 unspecified atom stereocenters. The number of hydrogen-bond acceptors (Lipinski definition) is 6. The Kier molecular flexibility index (Phi) is 6.20. The topological polar surface area (TPSA) is 111 Å². The van der Waals surface area contributed by atoms with E-state index in [1.807, 2.05) is 0 Å². The number of esters is 1. The van der Waals surface area contributed by atoms with E-state index in [0.717, 1.165) is 0 Å². The highest BCUT2D eigenvalue weighted by Gasteiger charge is 2.36. The molecule has 110 valence electrons. The first-order chi connectivity index (χ1) is 8.97. The molecule has 1 saturated carbocycles. The van der Waals surface area contributed by atoms with Crippen LogP contribution in [0, 0.1) is 5.92 Å². The van der Waals surface area contributed by atoms with Gasteiger partial charge in [-0.1, -0.05) is 0 Å². The summed E-state index contributed by atoms with van der Waals surface area (Å²) < 4.78 is 4.96. The summed E-state index contributed by atoms with van der Waals surface area (Å²) >= 11 is 0. The molecule has 4 N–H and O–H groups in total. The molecular formula is C12H22N2O5. The van der Waals surface area contributed by atoms with Crippen LogP contribution in [-0.2, 0) is 19.2 Å². The molecule has 19 heavy (non-hydrogen) atoms. The van der Waals surface area contributed by atoms with Crippen molar-refractivity contribution in [3.8, 4) is 0 Å². The Hall–Kier alpha value is -1.18. The summed E-state index contributed by atoms with van der Waals surface area (Å²) in [6.07, 6.45) is 2.16. The third-order valence-corrected chi connectivity index (χ3v) is 3.25. The van der Waals surface area contributed by atoms with Crippen molar-refractivity contribution in [3.63, 3.8) is 0 Å². The van der Waals surface area contributed by atoms with E-state index in [4.69, 9.17) is 15.3 Å². The molecule has 0 spiro atoms. The maximum absolute atomic E-state index is 11.5. The van der Waals surface area contributed by atoms with E-state index in [2.05, 4.69) is 5.48 Å². The average molecular weight is 274 g/mol. The molecule has 0 heterocycles. The average Bonchev–Trinajstić information content (AvgIpc) is 2.36. The predicted octanol–water partition coefficient (Wildman–Crippen LogP) is -0.523. The van der Waals surface area contributed by atoms with Crippen molar-refractivity contribution >= 4 is 11.9 Å². The van der Waals surface area contributed by atoms with Crippen LogP contribution in [0.15, 0.2) is 0 Å². The second kappa shape index (κ2) is 7.42. The first kappa shape index (κ1) is 15.9. The van der Waals surface area contributed by atoms with E-state index >= 15 is 0 Å². The zero-order valence-electron chi connectivity index (χ0n) is 11.2. The molecule has 1 fully saturated rings. The molecule has 0 aromatic rings. The number of ether oxygens (including phenoxy) is 1. The van der Waals surface area contributed by atoms with E-state index in [-0.39, 0.29) is 25.0 Å². The van der Waals surface area contributed by atoms with Gasteiger partial charge in [0.2, 0.25) is 5.91 Å². The third kappa shape index (κ3) is 5.54. The molecule has 1 amide bonds. The Morgan fingerprint density at radius 3 is 2.58 bits per heavy atom. The highest BCUT2D eigenvalue weighted by atomic mass is 16.6. The predicted molar refractivity (Wildman–Crippen MR) is 66.7 cm³/mol. The van der Waals surface area contributed by atoms with Crippen molar-refractivity contribution in [1.82, 2.24) is 5.48 Å². The van der Waals surface area contributed by atoms with Gasteiger partial charge in [-0.3, -0.25) is 14.4 Å². The number of primary amides is 1. The van der Waals surface area contributed by atoms with E-state index in [0.29, 0.717) is 32.3 Å². The lowest BCUT2D eigenvalue weighted by molar-refractivity contribution is -0.151. The van der Waals surface area contributed by atoms with E-state index in [9.17, 15) is 14.7 Å². The molecule has 7 heteroatoms. The Morgan fingerprint density at radius 2 is 2.05 bits per heavy atom. The van der Waals surface area contributed by atoms with Gasteiger partial charge < -0.3 is 15.6 Å². The van der Waals surface area contributed by atoms with E-state index < -0.39 is 11.5 Å². The number of nitrogens with one attached hydrogen (secondary N) is 1. The van der Waals surface area contributed by atoms with Crippen LogP contribution in [-0.4, -0.2) is 42.3 Å². The number of nitrogens with two attached hydrogens (primary N) is 1. The standard InChI is InChI=1S/C12H22N2O5/c1-2-18-11(16)9-3-5-12(17,6-4-9)8-14-19-7-10(13)15/h9,14,17H,2-8H2,1H3,(H2,13,15). The number of carbonyl (C=O) groups is 2. The van der Waals surface area contributed by atoms with Gasteiger partial charge in [0.25, 0.3) is 0 Å². The van der Waals surface area contributed by atoms with Crippen LogP contribution >= 0.6 is 0 Å². The Balaban J connectivity index is 2.26. The highest BCUT2D eigenvalue weighted by Crippen LogP contribution is 2.32. The van der Waals surface area contributed by atoms with Crippen molar-refractivity contribution < 1.29 is 24.3 Å². The number of hydrogen-bond donors (Lipinski definition) is 3. The van der Waals surface area contributed by atoms with Crippen molar-refractivity contribution in [2.75, 3.05) is 19.8 Å². The summed E-state index contributed by atoms with van der Waals surface area (Å²) in [6, 6.07) is 0. The Morgan fingerprint density at radius 1 is 1.42 bits per heavy atom. The fraction of sp³-hybridized carbons (Fsp3) is 0.833. The number of aliphatic hydroxyl groups is 1. The summed E-state index contributed by atoms with van der Waals surface area (Å²) in [5.74, 6) is -0.903. The molecule has 1 aliphatic carbocycles.